The minimum Gasteiger partial charge on any atom is -0.348 e. The second kappa shape index (κ2) is 8.23. The van der Waals surface area contributed by atoms with Crippen LogP contribution in [0.4, 0.5) is 0 Å². The van der Waals surface area contributed by atoms with E-state index >= 15 is 0 Å². The number of nitrogens with zero attached hydrogens (tertiary/aromatic N) is 2. The molecule has 0 atom stereocenters. The molecule has 0 bridgehead atoms. The van der Waals surface area contributed by atoms with Crippen LogP contribution >= 0.6 is 0 Å². The van der Waals surface area contributed by atoms with Crippen LogP contribution in [0.2, 0.25) is 0 Å². The summed E-state index contributed by atoms with van der Waals surface area (Å²) in [6.45, 7) is 3.98. The molecule has 0 unspecified atom stereocenters. The molecular weight excluding hydrogens is 334 g/mol. The molecule has 2 heterocycles. The lowest BCUT2D eigenvalue weighted by Gasteiger charge is -2.14. The molecule has 1 aliphatic rings. The number of likely N-dealkylation sites (tertiary alicyclic amines) is 1. The van der Waals surface area contributed by atoms with E-state index in [9.17, 15) is 4.79 Å². The zero-order valence-corrected chi connectivity index (χ0v) is 15.5. The molecule has 138 valence electrons. The Labute approximate surface area is 160 Å². The van der Waals surface area contributed by atoms with Gasteiger partial charge in [0.25, 0.3) is 5.91 Å². The quantitative estimate of drug-likeness (QED) is 0.722. The van der Waals surface area contributed by atoms with Gasteiger partial charge in [0.05, 0.1) is 0 Å². The van der Waals surface area contributed by atoms with Gasteiger partial charge in [0.15, 0.2) is 0 Å². The fourth-order valence-electron chi connectivity index (χ4n) is 3.56. The Kier molecular flexibility index (Phi) is 5.35. The Balaban J connectivity index is 1.34. The lowest BCUT2D eigenvalue weighted by atomic mass is 10.1. The van der Waals surface area contributed by atoms with Crippen LogP contribution in [0.5, 0.6) is 0 Å². The number of carbonyl (C=O) groups is 1. The van der Waals surface area contributed by atoms with Gasteiger partial charge in [-0.15, -0.1) is 0 Å². The summed E-state index contributed by atoms with van der Waals surface area (Å²) in [5, 5.41) is 3.02. The maximum absolute atomic E-state index is 12.5. The highest BCUT2D eigenvalue weighted by molar-refractivity contribution is 5.94. The van der Waals surface area contributed by atoms with Crippen LogP contribution < -0.4 is 5.32 Å². The topological polar surface area (TPSA) is 37.3 Å². The Bertz CT molecular complexity index is 878. The number of hydrogen-bond acceptors (Lipinski definition) is 2. The van der Waals surface area contributed by atoms with Gasteiger partial charge in [0, 0.05) is 36.7 Å². The minimum absolute atomic E-state index is 0.0508. The second-order valence-corrected chi connectivity index (χ2v) is 7.12. The van der Waals surface area contributed by atoms with Crippen LogP contribution in [-0.2, 0) is 13.1 Å². The predicted octanol–water partition coefficient (Wildman–Crippen LogP) is 4.00. The van der Waals surface area contributed by atoms with Crippen LogP contribution in [0.1, 0.15) is 34.3 Å². The average Bonchev–Trinajstić information content (AvgIpc) is 3.41. The standard InChI is InChI=1S/C23H25N3O/c27-23(21-6-5-7-22(16-21)26-14-3-4-15-26)24-17-19-8-10-20(11-9-19)18-25-12-1-2-13-25/h3-11,14-16H,1-2,12-13,17-18H2,(H,24,27). The average molecular weight is 359 g/mol. The summed E-state index contributed by atoms with van der Waals surface area (Å²) in [7, 11) is 0. The van der Waals surface area contributed by atoms with Crippen LogP contribution in [-0.4, -0.2) is 28.5 Å². The Morgan fingerprint density at radius 1 is 0.889 bits per heavy atom. The van der Waals surface area contributed by atoms with Gasteiger partial charge in [0.2, 0.25) is 0 Å². The molecule has 1 aromatic heterocycles. The number of aromatic nitrogens is 1. The van der Waals surface area contributed by atoms with Crippen molar-refractivity contribution in [2.24, 2.45) is 0 Å². The van der Waals surface area contributed by atoms with Crippen LogP contribution in [0, 0.1) is 0 Å². The smallest absolute Gasteiger partial charge is 0.251 e. The first-order chi connectivity index (χ1) is 13.3. The summed E-state index contributed by atoms with van der Waals surface area (Å²) in [6, 6.07) is 20.2. The molecule has 27 heavy (non-hydrogen) atoms. The summed E-state index contributed by atoms with van der Waals surface area (Å²) >= 11 is 0. The molecule has 1 fully saturated rings. The molecular formula is C23H25N3O. The lowest BCUT2D eigenvalue weighted by molar-refractivity contribution is 0.0951. The van der Waals surface area contributed by atoms with Crippen LogP contribution in [0.15, 0.2) is 73.1 Å². The summed E-state index contributed by atoms with van der Waals surface area (Å²) in [6.07, 6.45) is 6.58. The number of hydrogen-bond donors (Lipinski definition) is 1. The summed E-state index contributed by atoms with van der Waals surface area (Å²) in [5.74, 6) is -0.0508. The van der Waals surface area contributed by atoms with E-state index in [1.54, 1.807) is 0 Å². The third-order valence-corrected chi connectivity index (χ3v) is 5.09. The van der Waals surface area contributed by atoms with E-state index in [0.29, 0.717) is 12.1 Å². The number of amides is 1. The third-order valence-electron chi connectivity index (χ3n) is 5.09. The van der Waals surface area contributed by atoms with E-state index in [2.05, 4.69) is 34.5 Å². The van der Waals surface area contributed by atoms with Crippen molar-refractivity contribution in [2.45, 2.75) is 25.9 Å². The molecule has 1 amide bonds. The van der Waals surface area contributed by atoms with E-state index in [1.807, 2.05) is 53.4 Å². The van der Waals surface area contributed by atoms with E-state index in [-0.39, 0.29) is 5.91 Å². The number of rotatable bonds is 6. The van der Waals surface area contributed by atoms with Gasteiger partial charge < -0.3 is 9.88 Å². The first-order valence-electron chi connectivity index (χ1n) is 9.60. The summed E-state index contributed by atoms with van der Waals surface area (Å²) in [4.78, 5) is 15.0. The Hall–Kier alpha value is -2.85. The van der Waals surface area contributed by atoms with Gasteiger partial charge in [0.1, 0.15) is 0 Å². The monoisotopic (exact) mass is 359 g/mol. The largest absolute Gasteiger partial charge is 0.348 e. The summed E-state index contributed by atoms with van der Waals surface area (Å²) in [5.41, 5.74) is 4.12. The Morgan fingerprint density at radius 2 is 1.59 bits per heavy atom. The molecule has 1 N–H and O–H groups in total. The van der Waals surface area contributed by atoms with Gasteiger partial charge in [-0.25, -0.2) is 0 Å². The number of benzene rings is 2. The maximum atomic E-state index is 12.5. The molecule has 0 aliphatic carbocycles. The fraction of sp³-hybridized carbons (Fsp3) is 0.261. The van der Waals surface area contributed by atoms with Crippen molar-refractivity contribution < 1.29 is 4.79 Å². The minimum atomic E-state index is -0.0508. The first-order valence-corrected chi connectivity index (χ1v) is 9.60. The van der Waals surface area contributed by atoms with Crippen molar-refractivity contribution in [1.29, 1.82) is 0 Å². The number of carbonyl (C=O) groups excluding carboxylic acids is 1. The highest BCUT2D eigenvalue weighted by atomic mass is 16.1. The highest BCUT2D eigenvalue weighted by Gasteiger charge is 2.11. The normalized spacial score (nSPS) is 14.4. The van der Waals surface area contributed by atoms with E-state index in [4.69, 9.17) is 0 Å². The molecule has 0 spiro atoms. The van der Waals surface area contributed by atoms with Crippen molar-refractivity contribution in [1.82, 2.24) is 14.8 Å². The van der Waals surface area contributed by atoms with Crippen molar-refractivity contribution in [3.05, 3.63) is 89.7 Å². The van der Waals surface area contributed by atoms with Crippen LogP contribution in [0.3, 0.4) is 0 Å². The molecule has 3 aromatic rings. The zero-order chi connectivity index (χ0) is 18.5. The molecule has 4 heteroatoms. The molecule has 1 aliphatic heterocycles. The molecule has 0 saturated carbocycles. The molecule has 4 nitrogen and oxygen atoms in total. The Morgan fingerprint density at radius 3 is 2.33 bits per heavy atom. The van der Waals surface area contributed by atoms with Crippen LogP contribution in [0.25, 0.3) is 5.69 Å². The zero-order valence-electron chi connectivity index (χ0n) is 15.5. The van der Waals surface area contributed by atoms with Gasteiger partial charge >= 0.3 is 0 Å². The summed E-state index contributed by atoms with van der Waals surface area (Å²) < 4.78 is 2.00. The van der Waals surface area contributed by atoms with Crippen molar-refractivity contribution in [3.63, 3.8) is 0 Å². The molecule has 2 aromatic carbocycles. The SMILES string of the molecule is O=C(NCc1ccc(CN2CCCC2)cc1)c1cccc(-n2cccc2)c1. The van der Waals surface area contributed by atoms with Crippen molar-refractivity contribution >= 4 is 5.91 Å². The van der Waals surface area contributed by atoms with Gasteiger partial charge in [-0.1, -0.05) is 30.3 Å². The molecule has 0 radical (unpaired) electrons. The number of nitrogens with one attached hydrogen (secondary N) is 1. The van der Waals surface area contributed by atoms with Gasteiger partial charge in [-0.2, -0.15) is 0 Å². The lowest BCUT2D eigenvalue weighted by Crippen LogP contribution is -2.23. The first kappa shape index (κ1) is 17.6. The van der Waals surface area contributed by atoms with E-state index < -0.39 is 0 Å². The predicted molar refractivity (Wildman–Crippen MR) is 108 cm³/mol. The molecule has 1 saturated heterocycles. The fourth-order valence-corrected chi connectivity index (χ4v) is 3.56. The highest BCUT2D eigenvalue weighted by Crippen LogP contribution is 2.14. The van der Waals surface area contributed by atoms with Gasteiger partial charge in [-0.05, 0) is 67.4 Å². The van der Waals surface area contributed by atoms with E-state index in [0.717, 1.165) is 17.8 Å². The third kappa shape index (κ3) is 4.47. The molecule has 4 rings (SSSR count). The second-order valence-electron chi connectivity index (χ2n) is 7.12. The maximum Gasteiger partial charge on any atom is 0.251 e. The van der Waals surface area contributed by atoms with Gasteiger partial charge in [-0.3, -0.25) is 9.69 Å². The van der Waals surface area contributed by atoms with Crippen molar-refractivity contribution in [3.8, 4) is 5.69 Å². The van der Waals surface area contributed by atoms with E-state index in [1.165, 1.54) is 31.5 Å². The van der Waals surface area contributed by atoms with Crippen molar-refractivity contribution in [2.75, 3.05) is 13.1 Å².